The lowest BCUT2D eigenvalue weighted by Crippen LogP contribution is -2.48. The number of anilines is 1. The molecule has 5 heteroatoms. The maximum Gasteiger partial charge on any atom is 0.191 e. The molecule has 0 radical (unpaired) electrons. The highest BCUT2D eigenvalue weighted by Gasteiger charge is 2.31. The lowest BCUT2D eigenvalue weighted by Gasteiger charge is -2.23. The fraction of sp³-hybridized carbons (Fsp3) is 0.667. The standard InChI is InChI=1S/C21H35N5/c1-16(2)26-13-17(3)20(15-26)24-21(22-4)23-12-18-10-11-25(14-18)19-8-6-5-7-9-19/h5-9,16-18,20H,10-15H2,1-4H3,(H2,22,23,24). The molecule has 0 saturated carbocycles. The Morgan fingerprint density at radius 2 is 1.96 bits per heavy atom. The van der Waals surface area contributed by atoms with Crippen LogP contribution in [0.15, 0.2) is 35.3 Å². The van der Waals surface area contributed by atoms with Crippen molar-refractivity contribution in [2.45, 2.75) is 39.3 Å². The Morgan fingerprint density at radius 3 is 2.62 bits per heavy atom. The molecule has 2 saturated heterocycles. The van der Waals surface area contributed by atoms with Crippen molar-refractivity contribution in [2.24, 2.45) is 16.8 Å². The van der Waals surface area contributed by atoms with E-state index < -0.39 is 0 Å². The third-order valence-electron chi connectivity index (χ3n) is 5.88. The van der Waals surface area contributed by atoms with Gasteiger partial charge in [-0.05, 0) is 44.2 Å². The Morgan fingerprint density at radius 1 is 1.19 bits per heavy atom. The maximum atomic E-state index is 4.46. The third-order valence-corrected chi connectivity index (χ3v) is 5.88. The van der Waals surface area contributed by atoms with Crippen LogP contribution in [0.5, 0.6) is 0 Å². The summed E-state index contributed by atoms with van der Waals surface area (Å²) in [5, 5.41) is 7.22. The van der Waals surface area contributed by atoms with Gasteiger partial charge in [0.05, 0.1) is 0 Å². The van der Waals surface area contributed by atoms with Gasteiger partial charge in [-0.25, -0.2) is 0 Å². The first-order valence-corrected chi connectivity index (χ1v) is 10.1. The highest BCUT2D eigenvalue weighted by Crippen LogP contribution is 2.23. The number of para-hydroxylation sites is 1. The van der Waals surface area contributed by atoms with E-state index in [9.17, 15) is 0 Å². The van der Waals surface area contributed by atoms with Gasteiger partial charge in [0.25, 0.3) is 0 Å². The highest BCUT2D eigenvalue weighted by molar-refractivity contribution is 5.80. The predicted molar refractivity (Wildman–Crippen MR) is 111 cm³/mol. The fourth-order valence-electron chi connectivity index (χ4n) is 4.10. The number of nitrogens with one attached hydrogen (secondary N) is 2. The van der Waals surface area contributed by atoms with E-state index in [-0.39, 0.29) is 0 Å². The molecular formula is C21H35N5. The van der Waals surface area contributed by atoms with Crippen LogP contribution in [-0.2, 0) is 0 Å². The maximum absolute atomic E-state index is 4.46. The van der Waals surface area contributed by atoms with Crippen LogP contribution in [0, 0.1) is 11.8 Å². The summed E-state index contributed by atoms with van der Waals surface area (Å²) in [5.74, 6) is 2.27. The third kappa shape index (κ3) is 4.70. The number of hydrogen-bond donors (Lipinski definition) is 2. The van der Waals surface area contributed by atoms with Crippen molar-refractivity contribution in [2.75, 3.05) is 44.7 Å². The Balaban J connectivity index is 1.45. The lowest BCUT2D eigenvalue weighted by atomic mass is 10.1. The van der Waals surface area contributed by atoms with Crippen molar-refractivity contribution in [1.29, 1.82) is 0 Å². The summed E-state index contributed by atoms with van der Waals surface area (Å²) >= 11 is 0. The molecule has 144 valence electrons. The summed E-state index contributed by atoms with van der Waals surface area (Å²) < 4.78 is 0. The first kappa shape index (κ1) is 19.0. The topological polar surface area (TPSA) is 42.9 Å². The van der Waals surface area contributed by atoms with Crippen LogP contribution in [0.2, 0.25) is 0 Å². The Kier molecular flexibility index (Phi) is 6.41. The van der Waals surface area contributed by atoms with Crippen LogP contribution in [0.4, 0.5) is 5.69 Å². The van der Waals surface area contributed by atoms with E-state index in [1.165, 1.54) is 18.7 Å². The van der Waals surface area contributed by atoms with Crippen LogP contribution in [0.3, 0.4) is 0 Å². The number of likely N-dealkylation sites (tertiary alicyclic amines) is 1. The van der Waals surface area contributed by atoms with Crippen molar-refractivity contribution >= 4 is 11.6 Å². The minimum absolute atomic E-state index is 0.480. The molecule has 3 unspecified atom stereocenters. The molecule has 0 spiro atoms. The van der Waals surface area contributed by atoms with Gasteiger partial charge in [0.2, 0.25) is 0 Å². The van der Waals surface area contributed by atoms with E-state index in [0.29, 0.717) is 23.9 Å². The van der Waals surface area contributed by atoms with E-state index >= 15 is 0 Å². The molecule has 2 heterocycles. The predicted octanol–water partition coefficient (Wildman–Crippen LogP) is 2.41. The van der Waals surface area contributed by atoms with Gasteiger partial charge in [-0.3, -0.25) is 9.89 Å². The number of benzene rings is 1. The number of rotatable bonds is 5. The zero-order chi connectivity index (χ0) is 18.5. The van der Waals surface area contributed by atoms with Gasteiger partial charge in [-0.1, -0.05) is 25.1 Å². The molecule has 1 aromatic rings. The van der Waals surface area contributed by atoms with Crippen molar-refractivity contribution in [1.82, 2.24) is 15.5 Å². The van der Waals surface area contributed by atoms with Gasteiger partial charge in [0.15, 0.2) is 5.96 Å². The number of guanidine groups is 1. The molecule has 0 aromatic heterocycles. The van der Waals surface area contributed by atoms with Gasteiger partial charge in [0, 0.05) is 57.5 Å². The zero-order valence-electron chi connectivity index (χ0n) is 16.8. The molecule has 0 bridgehead atoms. The smallest absolute Gasteiger partial charge is 0.191 e. The monoisotopic (exact) mass is 357 g/mol. The van der Waals surface area contributed by atoms with E-state index in [1.54, 1.807) is 0 Å². The van der Waals surface area contributed by atoms with Crippen molar-refractivity contribution in [3.63, 3.8) is 0 Å². The molecule has 3 atom stereocenters. The summed E-state index contributed by atoms with van der Waals surface area (Å²) in [4.78, 5) is 9.49. The van der Waals surface area contributed by atoms with Gasteiger partial charge in [0.1, 0.15) is 0 Å². The Hall–Kier alpha value is -1.75. The second-order valence-corrected chi connectivity index (χ2v) is 8.17. The molecule has 1 aromatic carbocycles. The molecule has 2 N–H and O–H groups in total. The highest BCUT2D eigenvalue weighted by atomic mass is 15.3. The summed E-state index contributed by atoms with van der Waals surface area (Å²) in [6, 6.07) is 11.8. The average molecular weight is 358 g/mol. The molecule has 2 fully saturated rings. The first-order chi connectivity index (χ1) is 12.6. The van der Waals surface area contributed by atoms with Crippen LogP contribution in [-0.4, -0.2) is 62.7 Å². The van der Waals surface area contributed by atoms with Crippen molar-refractivity contribution in [3.8, 4) is 0 Å². The summed E-state index contributed by atoms with van der Waals surface area (Å²) in [7, 11) is 1.88. The van der Waals surface area contributed by atoms with E-state index in [0.717, 1.165) is 32.1 Å². The number of nitrogens with zero attached hydrogens (tertiary/aromatic N) is 3. The van der Waals surface area contributed by atoms with E-state index in [1.807, 2.05) is 7.05 Å². The molecule has 2 aliphatic rings. The largest absolute Gasteiger partial charge is 0.371 e. The van der Waals surface area contributed by atoms with Gasteiger partial charge in [-0.2, -0.15) is 0 Å². The quantitative estimate of drug-likeness (QED) is 0.627. The minimum atomic E-state index is 0.480. The molecule has 0 aliphatic carbocycles. The lowest BCUT2D eigenvalue weighted by molar-refractivity contribution is 0.265. The average Bonchev–Trinajstić information content (AvgIpc) is 3.26. The van der Waals surface area contributed by atoms with Gasteiger partial charge < -0.3 is 15.5 Å². The number of hydrogen-bond acceptors (Lipinski definition) is 3. The summed E-state index contributed by atoms with van der Waals surface area (Å²) in [6.45, 7) is 12.4. The van der Waals surface area contributed by atoms with Crippen LogP contribution in [0.25, 0.3) is 0 Å². The van der Waals surface area contributed by atoms with Crippen LogP contribution in [0.1, 0.15) is 27.2 Å². The van der Waals surface area contributed by atoms with Gasteiger partial charge >= 0.3 is 0 Å². The summed E-state index contributed by atoms with van der Waals surface area (Å²) in [6.07, 6.45) is 1.24. The van der Waals surface area contributed by atoms with Gasteiger partial charge in [-0.15, -0.1) is 0 Å². The molecular weight excluding hydrogens is 322 g/mol. The van der Waals surface area contributed by atoms with Crippen LogP contribution >= 0.6 is 0 Å². The molecule has 5 nitrogen and oxygen atoms in total. The Labute approximate surface area is 158 Å². The molecule has 2 aliphatic heterocycles. The fourth-order valence-corrected chi connectivity index (χ4v) is 4.10. The van der Waals surface area contributed by atoms with Crippen molar-refractivity contribution < 1.29 is 0 Å². The van der Waals surface area contributed by atoms with Crippen molar-refractivity contribution in [3.05, 3.63) is 30.3 Å². The van der Waals surface area contributed by atoms with E-state index in [2.05, 4.69) is 76.5 Å². The minimum Gasteiger partial charge on any atom is -0.371 e. The second-order valence-electron chi connectivity index (χ2n) is 8.17. The van der Waals surface area contributed by atoms with Crippen LogP contribution < -0.4 is 15.5 Å². The molecule has 3 rings (SSSR count). The molecule has 0 amide bonds. The number of aliphatic imine (C=N–C) groups is 1. The molecule has 26 heavy (non-hydrogen) atoms. The van der Waals surface area contributed by atoms with E-state index in [4.69, 9.17) is 0 Å². The zero-order valence-corrected chi connectivity index (χ0v) is 16.8. The first-order valence-electron chi connectivity index (χ1n) is 10.1. The Bertz CT molecular complexity index is 585. The summed E-state index contributed by atoms with van der Waals surface area (Å²) in [5.41, 5.74) is 1.34. The second kappa shape index (κ2) is 8.76. The normalized spacial score (nSPS) is 27.3. The SMILES string of the molecule is CN=C(NCC1CCN(c2ccccc2)C1)NC1CN(C(C)C)CC1C.